The lowest BCUT2D eigenvalue weighted by Crippen LogP contribution is -2.69. The highest BCUT2D eigenvalue weighted by molar-refractivity contribution is 6.03. The van der Waals surface area contributed by atoms with Crippen LogP contribution >= 0.6 is 0 Å². The monoisotopic (exact) mass is 686 g/mol. The summed E-state index contributed by atoms with van der Waals surface area (Å²) in [5.74, 6) is 0.385. The van der Waals surface area contributed by atoms with Crippen molar-refractivity contribution in [3.63, 3.8) is 0 Å². The predicted molar refractivity (Wildman–Crippen MR) is 189 cm³/mol. The zero-order valence-corrected chi connectivity index (χ0v) is 29.2. The van der Waals surface area contributed by atoms with Crippen molar-refractivity contribution in [2.75, 3.05) is 34.0 Å². The Balaban J connectivity index is 1.54. The number of aliphatic hydroxyl groups is 2. The zero-order chi connectivity index (χ0) is 35.3. The maximum absolute atomic E-state index is 13.8. The Morgan fingerprint density at radius 3 is 2.54 bits per heavy atom. The van der Waals surface area contributed by atoms with Crippen LogP contribution in [0.5, 0.6) is 17.2 Å². The molecular weight excluding hydrogens is 636 g/mol. The third-order valence-corrected chi connectivity index (χ3v) is 10.8. The van der Waals surface area contributed by atoms with Crippen LogP contribution in [0.3, 0.4) is 0 Å². The molecule has 268 valence electrons. The number of hydrogen-bond donors (Lipinski definition) is 2. The van der Waals surface area contributed by atoms with E-state index in [-0.39, 0.29) is 55.3 Å². The number of aldehydes is 1. The number of carbonyl (C=O) groups excluding carboxylic acids is 2. The van der Waals surface area contributed by atoms with Crippen molar-refractivity contribution in [3.05, 3.63) is 77.9 Å². The van der Waals surface area contributed by atoms with Gasteiger partial charge in [-0.15, -0.1) is 6.58 Å². The van der Waals surface area contributed by atoms with Crippen LogP contribution in [0.2, 0.25) is 0 Å². The third kappa shape index (κ3) is 7.11. The number of ether oxygens (including phenoxy) is 3. The van der Waals surface area contributed by atoms with E-state index >= 15 is 0 Å². The number of nitrogens with zero attached hydrogens (tertiary/aromatic N) is 2. The molecule has 1 aliphatic heterocycles. The molecule has 10 nitrogen and oxygen atoms in total. The van der Waals surface area contributed by atoms with Crippen LogP contribution in [0.1, 0.15) is 79.6 Å². The van der Waals surface area contributed by atoms with E-state index in [1.54, 1.807) is 31.4 Å². The molecule has 2 saturated carbocycles. The van der Waals surface area contributed by atoms with Gasteiger partial charge in [-0.2, -0.15) is 0 Å². The topological polar surface area (TPSA) is 127 Å². The maximum atomic E-state index is 13.8. The van der Waals surface area contributed by atoms with Crippen molar-refractivity contribution in [1.29, 1.82) is 0 Å². The SMILES string of the molecule is C=CCOC12Oc3ccc(Oc4cccc(C=O)c4)cc3C3C(CCCCO)C(CCCCO)C=C(C(=NOC)CC1N(C)C(=O)C1CC1)C32. The Hall–Kier alpha value is -3.99. The minimum Gasteiger partial charge on any atom is -0.459 e. The van der Waals surface area contributed by atoms with Gasteiger partial charge in [-0.3, -0.25) is 9.59 Å². The Labute approximate surface area is 294 Å². The van der Waals surface area contributed by atoms with E-state index in [1.165, 1.54) is 0 Å². The van der Waals surface area contributed by atoms with E-state index in [0.717, 1.165) is 61.7 Å². The molecule has 2 aromatic carbocycles. The summed E-state index contributed by atoms with van der Waals surface area (Å²) in [7, 11) is 3.39. The van der Waals surface area contributed by atoms with Crippen molar-refractivity contribution < 1.29 is 38.9 Å². The summed E-state index contributed by atoms with van der Waals surface area (Å²) in [4.78, 5) is 32.6. The lowest BCUT2D eigenvalue weighted by Gasteiger charge is -2.59. The molecule has 2 N–H and O–H groups in total. The van der Waals surface area contributed by atoms with Crippen molar-refractivity contribution >= 4 is 17.9 Å². The van der Waals surface area contributed by atoms with E-state index in [2.05, 4.69) is 17.8 Å². The molecule has 0 aromatic heterocycles. The normalized spacial score (nSPS) is 27.3. The molecule has 6 rings (SSSR count). The van der Waals surface area contributed by atoms with Gasteiger partial charge in [0.05, 0.1) is 18.2 Å². The van der Waals surface area contributed by atoms with Crippen LogP contribution in [-0.4, -0.2) is 78.8 Å². The maximum Gasteiger partial charge on any atom is 0.239 e. The molecule has 50 heavy (non-hydrogen) atoms. The fourth-order valence-corrected chi connectivity index (χ4v) is 8.46. The number of oxime groups is 1. The molecule has 0 bridgehead atoms. The molecule has 0 spiro atoms. The lowest BCUT2D eigenvalue weighted by molar-refractivity contribution is -0.255. The second-order valence-electron chi connectivity index (χ2n) is 14.0. The average molecular weight is 687 g/mol. The highest BCUT2D eigenvalue weighted by Gasteiger charge is 2.65. The van der Waals surface area contributed by atoms with E-state index in [4.69, 9.17) is 19.0 Å². The average Bonchev–Trinajstić information content (AvgIpc) is 3.98. The van der Waals surface area contributed by atoms with E-state index < -0.39 is 11.8 Å². The van der Waals surface area contributed by atoms with Crippen molar-refractivity contribution in [2.45, 2.75) is 75.5 Å². The minimum absolute atomic E-state index is 0.00574. The number of likely N-dealkylation sites (N-methyl/N-ethyl adjacent to an activating group) is 1. The summed E-state index contributed by atoms with van der Waals surface area (Å²) in [6.45, 7) is 4.42. The first-order valence-electron chi connectivity index (χ1n) is 18.0. The van der Waals surface area contributed by atoms with Crippen LogP contribution in [0.15, 0.2) is 71.9 Å². The van der Waals surface area contributed by atoms with Gasteiger partial charge in [0.2, 0.25) is 11.7 Å². The summed E-state index contributed by atoms with van der Waals surface area (Å²) >= 11 is 0. The Morgan fingerprint density at radius 1 is 1.08 bits per heavy atom. The van der Waals surface area contributed by atoms with Crippen LogP contribution < -0.4 is 9.47 Å². The highest BCUT2D eigenvalue weighted by Crippen LogP contribution is 2.62. The first kappa shape index (κ1) is 35.8. The molecule has 6 atom stereocenters. The Bertz CT molecular complexity index is 1600. The van der Waals surface area contributed by atoms with Gasteiger partial charge in [0.15, 0.2) is 0 Å². The van der Waals surface area contributed by atoms with E-state index in [1.807, 2.05) is 36.2 Å². The molecule has 0 radical (unpaired) electrons. The van der Waals surface area contributed by atoms with Gasteiger partial charge in [0.1, 0.15) is 36.7 Å². The number of aliphatic hydroxyl groups excluding tert-OH is 2. The first-order chi connectivity index (χ1) is 24.4. The third-order valence-electron chi connectivity index (χ3n) is 10.8. The predicted octanol–water partition coefficient (Wildman–Crippen LogP) is 6.42. The molecule has 1 heterocycles. The van der Waals surface area contributed by atoms with E-state index in [9.17, 15) is 19.8 Å². The van der Waals surface area contributed by atoms with Gasteiger partial charge in [-0.1, -0.05) is 42.3 Å². The van der Waals surface area contributed by atoms with Crippen LogP contribution in [-0.2, 0) is 14.4 Å². The highest BCUT2D eigenvalue weighted by atomic mass is 16.7. The fourth-order valence-electron chi connectivity index (χ4n) is 8.46. The molecule has 6 unspecified atom stereocenters. The number of carbonyl (C=O) groups is 2. The van der Waals surface area contributed by atoms with Crippen LogP contribution in [0, 0.1) is 23.7 Å². The quantitative estimate of drug-likeness (QED) is 0.0845. The molecule has 1 amide bonds. The van der Waals surface area contributed by atoms with Gasteiger partial charge >= 0.3 is 0 Å². The number of fused-ring (bicyclic) bond motifs is 2. The van der Waals surface area contributed by atoms with Crippen LogP contribution in [0.25, 0.3) is 0 Å². The second-order valence-corrected chi connectivity index (χ2v) is 14.0. The number of benzene rings is 2. The largest absolute Gasteiger partial charge is 0.459 e. The van der Waals surface area contributed by atoms with Gasteiger partial charge in [0, 0.05) is 49.6 Å². The summed E-state index contributed by atoms with van der Waals surface area (Å²) in [6, 6.07) is 12.4. The molecule has 3 aliphatic carbocycles. The van der Waals surface area contributed by atoms with Gasteiger partial charge in [0.25, 0.3) is 0 Å². The Morgan fingerprint density at radius 2 is 1.84 bits per heavy atom. The summed E-state index contributed by atoms with van der Waals surface area (Å²) in [6.07, 6.45) is 11.8. The number of hydrogen-bond acceptors (Lipinski definition) is 9. The summed E-state index contributed by atoms with van der Waals surface area (Å²) < 4.78 is 20.4. The molecule has 0 saturated heterocycles. The molecule has 2 fully saturated rings. The summed E-state index contributed by atoms with van der Waals surface area (Å²) in [5.41, 5.74) is 3.25. The number of allylic oxidation sites excluding steroid dienone is 1. The molecular formula is C40H50N2O8. The molecule has 10 heteroatoms. The van der Waals surface area contributed by atoms with E-state index in [0.29, 0.717) is 42.1 Å². The number of amides is 1. The van der Waals surface area contributed by atoms with Gasteiger partial charge < -0.3 is 34.2 Å². The Kier molecular flexibility index (Phi) is 11.4. The van der Waals surface area contributed by atoms with Gasteiger partial charge in [-0.25, -0.2) is 0 Å². The fraction of sp³-hybridized carbons (Fsp3) is 0.525. The van der Waals surface area contributed by atoms with Crippen molar-refractivity contribution in [2.24, 2.45) is 28.8 Å². The smallest absolute Gasteiger partial charge is 0.239 e. The van der Waals surface area contributed by atoms with Crippen LogP contribution in [0.4, 0.5) is 0 Å². The summed E-state index contributed by atoms with van der Waals surface area (Å²) in [5, 5.41) is 24.1. The number of rotatable bonds is 17. The van der Waals surface area contributed by atoms with Crippen molar-refractivity contribution in [1.82, 2.24) is 4.90 Å². The number of unbranched alkanes of at least 4 members (excludes halogenated alkanes) is 2. The molecule has 2 aromatic rings. The lowest BCUT2D eigenvalue weighted by atomic mass is 9.55. The van der Waals surface area contributed by atoms with Crippen molar-refractivity contribution in [3.8, 4) is 17.2 Å². The standard InChI is InChI=1S/C40H50N2O8/c1-4-20-48-40-36(42(2)39(46)27-14-15-27)24-34(41-47-3)32-22-28(11-5-7-18-43)31(13-6-8-19-44)37(38(32)40)33-23-30(16-17-35(33)50-40)49-29-12-9-10-26(21-29)25-45/h4,9-10,12,16-17,21-23,25,27-28,31,36-38,43-44H,1,5-8,11,13-15,18-20,24H2,2-3H3. The first-order valence-corrected chi connectivity index (χ1v) is 18.0. The molecule has 4 aliphatic rings. The minimum atomic E-state index is -1.25. The van der Waals surface area contributed by atoms with Gasteiger partial charge in [-0.05, 0) is 86.3 Å². The second kappa shape index (κ2) is 15.9. The zero-order valence-electron chi connectivity index (χ0n) is 29.2.